The third-order valence-electron chi connectivity index (χ3n) is 15.2. The number of amides is 1. The minimum absolute atomic E-state index is 0.0776. The number of aliphatic hydroxyl groups is 1. The Balaban J connectivity index is 3.99. The molecule has 0 aliphatic heterocycles. The highest BCUT2D eigenvalue weighted by Gasteiger charge is 2.28. The molecule has 3 unspecified atom stereocenters. The molecule has 0 fully saturated rings. The summed E-state index contributed by atoms with van der Waals surface area (Å²) < 4.78 is 23.8. The van der Waals surface area contributed by atoms with E-state index in [1.165, 1.54) is 263 Å². The number of quaternary nitrogens is 1. The highest BCUT2D eigenvalue weighted by Crippen LogP contribution is 2.43. The Labute approximate surface area is 462 Å². The molecule has 0 radical (unpaired) electrons. The van der Waals surface area contributed by atoms with Gasteiger partial charge in [-0.25, -0.2) is 4.57 Å². The van der Waals surface area contributed by atoms with Gasteiger partial charge in [-0.2, -0.15) is 0 Å². The van der Waals surface area contributed by atoms with E-state index in [0.717, 1.165) is 44.9 Å². The van der Waals surface area contributed by atoms with E-state index in [-0.39, 0.29) is 19.1 Å². The largest absolute Gasteiger partial charge is 0.472 e. The van der Waals surface area contributed by atoms with Crippen molar-refractivity contribution in [2.75, 3.05) is 40.9 Å². The standard InChI is InChI=1S/C65H129N2O6P/c1-6-8-10-12-14-16-18-20-22-24-26-27-28-29-30-31-32-33-34-35-36-37-38-39-41-43-45-47-49-51-53-55-57-59-65(69)66-63(62-73-74(70,71)72-61-60-67(3,4)5)64(68)58-56-54-52-50-48-46-44-42-40-25-23-21-19-17-15-13-11-9-7-2/h18,20,24,26,63-64,68H,6-17,19,21-23,25,27-62H2,1-5H3,(H-,66,69,70,71)/p+1/b20-18-,26-24-. The molecule has 440 valence electrons. The van der Waals surface area contributed by atoms with E-state index in [0.29, 0.717) is 23.9 Å². The van der Waals surface area contributed by atoms with Crippen molar-refractivity contribution < 1.29 is 32.9 Å². The van der Waals surface area contributed by atoms with E-state index in [9.17, 15) is 19.4 Å². The van der Waals surface area contributed by atoms with Gasteiger partial charge in [0, 0.05) is 6.42 Å². The second-order valence-electron chi connectivity index (χ2n) is 23.9. The molecule has 0 saturated heterocycles. The van der Waals surface area contributed by atoms with Crippen LogP contribution in [0.2, 0.25) is 0 Å². The molecular formula is C65H130N2O6P+. The molecule has 0 aromatic carbocycles. The third kappa shape index (κ3) is 58.7. The average molecular weight is 1070 g/mol. The maximum atomic E-state index is 13.0. The molecule has 0 aromatic heterocycles. The fraction of sp³-hybridized carbons (Fsp3) is 0.923. The van der Waals surface area contributed by atoms with Gasteiger partial charge in [-0.05, 0) is 44.9 Å². The van der Waals surface area contributed by atoms with Gasteiger partial charge in [0.2, 0.25) is 5.91 Å². The number of hydrogen-bond donors (Lipinski definition) is 3. The molecule has 0 aliphatic carbocycles. The summed E-state index contributed by atoms with van der Waals surface area (Å²) in [5.74, 6) is -0.137. The van der Waals surface area contributed by atoms with Gasteiger partial charge < -0.3 is 19.8 Å². The van der Waals surface area contributed by atoms with Crippen LogP contribution in [0.25, 0.3) is 0 Å². The summed E-state index contributed by atoms with van der Waals surface area (Å²) in [5, 5.41) is 14.1. The van der Waals surface area contributed by atoms with Gasteiger partial charge in [0.25, 0.3) is 0 Å². The van der Waals surface area contributed by atoms with Crippen molar-refractivity contribution in [2.45, 2.75) is 347 Å². The van der Waals surface area contributed by atoms with E-state index >= 15 is 0 Å². The zero-order valence-corrected chi connectivity index (χ0v) is 51.3. The summed E-state index contributed by atoms with van der Waals surface area (Å²) in [5.41, 5.74) is 0. The number of hydrogen-bond acceptors (Lipinski definition) is 5. The van der Waals surface area contributed by atoms with E-state index in [1.807, 2.05) is 21.1 Å². The fourth-order valence-electron chi connectivity index (χ4n) is 10.1. The molecule has 3 N–H and O–H groups in total. The second-order valence-corrected chi connectivity index (χ2v) is 25.3. The Morgan fingerprint density at radius 1 is 0.459 bits per heavy atom. The summed E-state index contributed by atoms with van der Waals surface area (Å²) >= 11 is 0. The number of rotatable bonds is 61. The second kappa shape index (κ2) is 56.7. The Hall–Kier alpha value is -1.02. The van der Waals surface area contributed by atoms with Crippen LogP contribution >= 0.6 is 7.82 Å². The molecule has 0 bridgehead atoms. The summed E-state index contributed by atoms with van der Waals surface area (Å²) in [4.78, 5) is 23.4. The predicted octanol–water partition coefficient (Wildman–Crippen LogP) is 20.3. The molecule has 3 atom stereocenters. The van der Waals surface area contributed by atoms with Gasteiger partial charge in [-0.1, -0.05) is 308 Å². The summed E-state index contributed by atoms with van der Waals surface area (Å²) in [6, 6.07) is -0.758. The molecule has 74 heavy (non-hydrogen) atoms. The molecule has 8 nitrogen and oxygen atoms in total. The Kier molecular flexibility index (Phi) is 55.9. The number of unbranched alkanes of at least 4 members (excludes halogenated alkanes) is 44. The Morgan fingerprint density at radius 3 is 1.11 bits per heavy atom. The van der Waals surface area contributed by atoms with Crippen molar-refractivity contribution in [1.82, 2.24) is 5.32 Å². The lowest BCUT2D eigenvalue weighted by molar-refractivity contribution is -0.870. The van der Waals surface area contributed by atoms with Gasteiger partial charge in [0.15, 0.2) is 0 Å². The maximum absolute atomic E-state index is 13.0. The van der Waals surface area contributed by atoms with Crippen LogP contribution in [-0.2, 0) is 18.4 Å². The van der Waals surface area contributed by atoms with Crippen LogP contribution in [0.3, 0.4) is 0 Å². The van der Waals surface area contributed by atoms with Crippen LogP contribution in [-0.4, -0.2) is 73.4 Å². The summed E-state index contributed by atoms with van der Waals surface area (Å²) in [6.45, 7) is 4.93. The summed E-state index contributed by atoms with van der Waals surface area (Å²) in [7, 11) is 1.63. The molecule has 0 aliphatic rings. The zero-order chi connectivity index (χ0) is 54.2. The van der Waals surface area contributed by atoms with Gasteiger partial charge in [-0.15, -0.1) is 0 Å². The van der Waals surface area contributed by atoms with Gasteiger partial charge in [0.05, 0.1) is 39.9 Å². The summed E-state index contributed by atoms with van der Waals surface area (Å²) in [6.07, 6.45) is 72.6. The number of nitrogens with one attached hydrogen (secondary N) is 1. The number of carbonyl (C=O) groups excluding carboxylic acids is 1. The number of carbonyl (C=O) groups is 1. The highest BCUT2D eigenvalue weighted by atomic mass is 31.2. The van der Waals surface area contributed by atoms with E-state index in [4.69, 9.17) is 9.05 Å². The van der Waals surface area contributed by atoms with Crippen molar-refractivity contribution in [3.63, 3.8) is 0 Å². The number of phosphoric acid groups is 1. The number of nitrogens with zero attached hydrogens (tertiary/aromatic N) is 1. The first kappa shape index (κ1) is 73.0. The lowest BCUT2D eigenvalue weighted by Gasteiger charge is -2.26. The van der Waals surface area contributed by atoms with E-state index in [2.05, 4.69) is 43.5 Å². The molecule has 0 spiro atoms. The van der Waals surface area contributed by atoms with Crippen molar-refractivity contribution in [2.24, 2.45) is 0 Å². The minimum Gasteiger partial charge on any atom is -0.391 e. The van der Waals surface area contributed by atoms with Crippen molar-refractivity contribution in [3.8, 4) is 0 Å². The van der Waals surface area contributed by atoms with Crippen molar-refractivity contribution >= 4 is 13.7 Å². The molecule has 0 heterocycles. The monoisotopic (exact) mass is 1070 g/mol. The first-order chi connectivity index (χ1) is 36.0. The zero-order valence-electron chi connectivity index (χ0n) is 50.4. The highest BCUT2D eigenvalue weighted by molar-refractivity contribution is 7.47. The average Bonchev–Trinajstić information content (AvgIpc) is 3.36. The quantitative estimate of drug-likeness (QED) is 0.0243. The Bertz CT molecular complexity index is 1260. The third-order valence-corrected chi connectivity index (χ3v) is 16.2. The van der Waals surface area contributed by atoms with Gasteiger partial charge in [-0.3, -0.25) is 13.8 Å². The van der Waals surface area contributed by atoms with Crippen molar-refractivity contribution in [1.29, 1.82) is 0 Å². The first-order valence-electron chi connectivity index (χ1n) is 32.7. The minimum atomic E-state index is -4.32. The van der Waals surface area contributed by atoms with Crippen LogP contribution in [0.4, 0.5) is 0 Å². The SMILES string of the molecule is CCCCCCC/C=C\C/C=C\CCCCCCCCCCCCCCCCCCCCCCCC(=O)NC(COP(=O)(O)OCC[N+](C)(C)C)C(O)CCCCCCCCCCCCCCCCCCCCC. The smallest absolute Gasteiger partial charge is 0.391 e. The van der Waals surface area contributed by atoms with E-state index < -0.39 is 20.0 Å². The molecule has 0 rings (SSSR count). The van der Waals surface area contributed by atoms with Crippen LogP contribution in [0.1, 0.15) is 335 Å². The topological polar surface area (TPSA) is 105 Å². The maximum Gasteiger partial charge on any atom is 0.472 e. The Morgan fingerprint density at radius 2 is 0.770 bits per heavy atom. The van der Waals surface area contributed by atoms with Crippen LogP contribution in [0.5, 0.6) is 0 Å². The molecule has 1 amide bonds. The molecule has 0 aromatic rings. The lowest BCUT2D eigenvalue weighted by atomic mass is 10.0. The molecule has 0 saturated carbocycles. The number of aliphatic hydroxyl groups excluding tert-OH is 1. The predicted molar refractivity (Wildman–Crippen MR) is 323 cm³/mol. The number of likely N-dealkylation sites (N-methyl/N-ethyl adjacent to an activating group) is 1. The number of allylic oxidation sites excluding steroid dienone is 4. The van der Waals surface area contributed by atoms with Gasteiger partial charge >= 0.3 is 7.82 Å². The molecule has 9 heteroatoms. The lowest BCUT2D eigenvalue weighted by Crippen LogP contribution is -2.46. The van der Waals surface area contributed by atoms with Crippen LogP contribution in [0, 0.1) is 0 Å². The van der Waals surface area contributed by atoms with Crippen LogP contribution in [0.15, 0.2) is 24.3 Å². The number of phosphoric ester groups is 1. The van der Waals surface area contributed by atoms with E-state index in [1.54, 1.807) is 0 Å². The first-order valence-corrected chi connectivity index (χ1v) is 34.2. The molecular weight excluding hydrogens is 936 g/mol. The van der Waals surface area contributed by atoms with Crippen LogP contribution < -0.4 is 5.32 Å². The van der Waals surface area contributed by atoms with Crippen molar-refractivity contribution in [3.05, 3.63) is 24.3 Å². The van der Waals surface area contributed by atoms with Gasteiger partial charge in [0.1, 0.15) is 13.2 Å². The fourth-order valence-corrected chi connectivity index (χ4v) is 10.8. The normalized spacial score (nSPS) is 13.9.